The molecule has 0 aliphatic rings. The van der Waals surface area contributed by atoms with E-state index in [-0.39, 0.29) is 0 Å². The van der Waals surface area contributed by atoms with Crippen LogP contribution in [0.5, 0.6) is 0 Å². The molecule has 1 aromatic heterocycles. The van der Waals surface area contributed by atoms with E-state index in [1.54, 1.807) is 0 Å². The summed E-state index contributed by atoms with van der Waals surface area (Å²) in [5.74, 6) is 0. The summed E-state index contributed by atoms with van der Waals surface area (Å²) in [5, 5.41) is 12.7. The molecule has 0 radical (unpaired) electrons. The van der Waals surface area contributed by atoms with Gasteiger partial charge in [0, 0.05) is 16.5 Å². The summed E-state index contributed by atoms with van der Waals surface area (Å²) >= 11 is 0. The van der Waals surface area contributed by atoms with Crippen molar-refractivity contribution in [3.05, 3.63) is 176 Å². The zero-order valence-electron chi connectivity index (χ0n) is 25.7. The van der Waals surface area contributed by atoms with Gasteiger partial charge in [0.25, 0.3) is 0 Å². The smallest absolute Gasteiger partial charge is 0.0547 e. The molecule has 47 heavy (non-hydrogen) atoms. The van der Waals surface area contributed by atoms with Gasteiger partial charge in [-0.25, -0.2) is 0 Å². The monoisotopic (exact) mass is 595 g/mol. The first-order valence-corrected chi connectivity index (χ1v) is 16.3. The Balaban J connectivity index is 1.33. The van der Waals surface area contributed by atoms with Gasteiger partial charge in [-0.3, -0.25) is 0 Å². The topological polar surface area (TPSA) is 4.93 Å². The van der Waals surface area contributed by atoms with Gasteiger partial charge >= 0.3 is 0 Å². The molecule has 0 atom stereocenters. The Labute approximate surface area is 272 Å². The molecule has 0 saturated carbocycles. The van der Waals surface area contributed by atoms with Crippen LogP contribution in [-0.4, -0.2) is 4.57 Å². The van der Waals surface area contributed by atoms with E-state index in [1.165, 1.54) is 92.8 Å². The summed E-state index contributed by atoms with van der Waals surface area (Å²) in [5.41, 5.74) is 8.66. The maximum atomic E-state index is 2.45. The predicted molar refractivity (Wildman–Crippen MR) is 202 cm³/mol. The van der Waals surface area contributed by atoms with Crippen molar-refractivity contribution >= 4 is 64.9 Å². The number of hydrogen-bond donors (Lipinski definition) is 0. The summed E-state index contributed by atoms with van der Waals surface area (Å²) in [4.78, 5) is 0. The fourth-order valence-corrected chi connectivity index (χ4v) is 7.90. The molecular weight excluding hydrogens is 567 g/mol. The second-order valence-electron chi connectivity index (χ2n) is 12.5. The van der Waals surface area contributed by atoms with Crippen LogP contribution in [0.15, 0.2) is 176 Å². The third-order valence-electron chi connectivity index (χ3n) is 9.93. The highest BCUT2D eigenvalue weighted by atomic mass is 15.0. The van der Waals surface area contributed by atoms with Crippen LogP contribution in [0.2, 0.25) is 0 Å². The highest BCUT2D eigenvalue weighted by Crippen LogP contribution is 2.45. The van der Waals surface area contributed by atoms with E-state index in [4.69, 9.17) is 0 Å². The largest absolute Gasteiger partial charge is 0.309 e. The molecule has 0 aliphatic carbocycles. The van der Waals surface area contributed by atoms with Gasteiger partial charge in [0.05, 0.1) is 11.0 Å². The summed E-state index contributed by atoms with van der Waals surface area (Å²) in [6.07, 6.45) is 0. The molecule has 218 valence electrons. The number of fused-ring (bicyclic) bond motifs is 8. The average molecular weight is 596 g/mol. The van der Waals surface area contributed by atoms with Crippen LogP contribution >= 0.6 is 0 Å². The highest BCUT2D eigenvalue weighted by Gasteiger charge is 2.19. The lowest BCUT2D eigenvalue weighted by Crippen LogP contribution is -1.94. The lowest BCUT2D eigenvalue weighted by molar-refractivity contribution is 1.19. The lowest BCUT2D eigenvalue weighted by Gasteiger charge is -2.18. The first-order valence-electron chi connectivity index (χ1n) is 16.3. The van der Waals surface area contributed by atoms with Gasteiger partial charge in [-0.05, 0) is 95.7 Å². The van der Waals surface area contributed by atoms with Crippen molar-refractivity contribution in [2.45, 2.75) is 0 Å². The molecule has 1 heterocycles. The maximum Gasteiger partial charge on any atom is 0.0547 e. The van der Waals surface area contributed by atoms with Gasteiger partial charge < -0.3 is 4.57 Å². The van der Waals surface area contributed by atoms with Gasteiger partial charge in [-0.15, -0.1) is 0 Å². The molecule has 0 bridgehead atoms. The quantitative estimate of drug-likeness (QED) is 0.179. The fourth-order valence-electron chi connectivity index (χ4n) is 7.90. The van der Waals surface area contributed by atoms with Crippen molar-refractivity contribution in [2.75, 3.05) is 0 Å². The van der Waals surface area contributed by atoms with Crippen LogP contribution in [0, 0.1) is 0 Å². The van der Waals surface area contributed by atoms with E-state index in [2.05, 4.69) is 180 Å². The number of nitrogens with zero attached hydrogens (tertiary/aromatic N) is 1. The highest BCUT2D eigenvalue weighted by molar-refractivity contribution is 6.25. The standard InChI is InChI=1S/C46H29N/c1-2-14-32(15-3-1)44-37-18-8-10-20-39(37)45(40-21-11-9-19-38(40)44)34-24-26-42-41(29-34)46-36-17-7-6-13-31(36)23-27-43(46)47(42)35-25-22-30-12-4-5-16-33(30)28-35/h1-29H. The lowest BCUT2D eigenvalue weighted by atomic mass is 9.85. The predicted octanol–water partition coefficient (Wildman–Crippen LogP) is 12.7. The molecule has 1 heteroatoms. The van der Waals surface area contributed by atoms with Crippen LogP contribution in [0.25, 0.3) is 92.8 Å². The first-order chi connectivity index (χ1) is 23.3. The third-order valence-corrected chi connectivity index (χ3v) is 9.93. The minimum Gasteiger partial charge on any atom is -0.309 e. The second kappa shape index (κ2) is 10.2. The Morgan fingerprint density at radius 2 is 0.830 bits per heavy atom. The van der Waals surface area contributed by atoms with Crippen molar-refractivity contribution in [3.63, 3.8) is 0 Å². The van der Waals surface area contributed by atoms with Gasteiger partial charge in [0.15, 0.2) is 0 Å². The van der Waals surface area contributed by atoms with Crippen LogP contribution in [-0.2, 0) is 0 Å². The molecular formula is C46H29N. The molecule has 0 spiro atoms. The van der Waals surface area contributed by atoms with Crippen molar-refractivity contribution in [3.8, 4) is 27.9 Å². The van der Waals surface area contributed by atoms with Gasteiger partial charge in [0.2, 0.25) is 0 Å². The minimum absolute atomic E-state index is 1.18. The van der Waals surface area contributed by atoms with Gasteiger partial charge in [-0.2, -0.15) is 0 Å². The van der Waals surface area contributed by atoms with Crippen LogP contribution in [0.4, 0.5) is 0 Å². The van der Waals surface area contributed by atoms with Crippen LogP contribution in [0.3, 0.4) is 0 Å². The summed E-state index contributed by atoms with van der Waals surface area (Å²) in [6.45, 7) is 0. The summed E-state index contributed by atoms with van der Waals surface area (Å²) < 4.78 is 2.45. The average Bonchev–Trinajstić information content (AvgIpc) is 3.48. The molecule has 10 aromatic rings. The molecule has 0 aliphatic heterocycles. The van der Waals surface area contributed by atoms with Crippen molar-refractivity contribution < 1.29 is 0 Å². The van der Waals surface area contributed by atoms with Crippen molar-refractivity contribution in [2.24, 2.45) is 0 Å². The number of aromatic nitrogens is 1. The Morgan fingerprint density at radius 1 is 0.298 bits per heavy atom. The van der Waals surface area contributed by atoms with E-state index in [0.29, 0.717) is 0 Å². The molecule has 1 nitrogen and oxygen atoms in total. The Kier molecular flexibility index (Phi) is 5.64. The Hall–Kier alpha value is -6.18. The summed E-state index contributed by atoms with van der Waals surface area (Å²) in [7, 11) is 0. The molecule has 0 N–H and O–H groups in total. The van der Waals surface area contributed by atoms with E-state index in [0.717, 1.165) is 0 Å². The van der Waals surface area contributed by atoms with Gasteiger partial charge in [-0.1, -0.05) is 146 Å². The van der Waals surface area contributed by atoms with E-state index >= 15 is 0 Å². The Morgan fingerprint density at radius 3 is 1.53 bits per heavy atom. The number of benzene rings is 9. The van der Waals surface area contributed by atoms with E-state index in [1.807, 2.05) is 0 Å². The normalized spacial score (nSPS) is 11.8. The second-order valence-corrected chi connectivity index (χ2v) is 12.5. The van der Waals surface area contributed by atoms with Crippen LogP contribution in [0.1, 0.15) is 0 Å². The first kappa shape index (κ1) is 26.1. The SMILES string of the molecule is c1ccc(-c2c3ccccc3c(-c3ccc4c(c3)c3c5ccccc5ccc3n4-c3ccc4ccccc4c3)c3ccccc23)cc1. The summed E-state index contributed by atoms with van der Waals surface area (Å²) in [6, 6.07) is 64.5. The zero-order chi connectivity index (χ0) is 30.9. The third kappa shape index (κ3) is 3.90. The van der Waals surface area contributed by atoms with E-state index in [9.17, 15) is 0 Å². The van der Waals surface area contributed by atoms with Crippen molar-refractivity contribution in [1.82, 2.24) is 4.57 Å². The minimum atomic E-state index is 1.18. The van der Waals surface area contributed by atoms with Crippen LogP contribution < -0.4 is 0 Å². The number of rotatable bonds is 3. The van der Waals surface area contributed by atoms with E-state index < -0.39 is 0 Å². The molecule has 0 amide bonds. The molecule has 10 rings (SSSR count). The maximum absolute atomic E-state index is 2.45. The molecule has 9 aromatic carbocycles. The fraction of sp³-hybridized carbons (Fsp3) is 0. The Bertz CT molecular complexity index is 2780. The molecule has 0 saturated heterocycles. The zero-order valence-corrected chi connectivity index (χ0v) is 25.7. The number of hydrogen-bond acceptors (Lipinski definition) is 0. The van der Waals surface area contributed by atoms with Gasteiger partial charge in [0.1, 0.15) is 0 Å². The molecule has 0 fully saturated rings. The molecule has 0 unspecified atom stereocenters. The van der Waals surface area contributed by atoms with Crippen molar-refractivity contribution in [1.29, 1.82) is 0 Å².